The van der Waals surface area contributed by atoms with E-state index in [1.165, 1.54) is 12.1 Å². The summed E-state index contributed by atoms with van der Waals surface area (Å²) in [6.45, 7) is 0.432. The van der Waals surface area contributed by atoms with E-state index in [9.17, 15) is 9.59 Å². The van der Waals surface area contributed by atoms with Crippen molar-refractivity contribution in [3.05, 3.63) is 52.1 Å². The van der Waals surface area contributed by atoms with Gasteiger partial charge in [0, 0.05) is 25.9 Å². The predicted octanol–water partition coefficient (Wildman–Crippen LogP) is 0.885. The molecule has 25 heavy (non-hydrogen) atoms. The molecule has 0 radical (unpaired) electrons. The molecule has 2 aromatic rings. The standard InChI is InChI=1S/C15H17N5O2.CH2O2/c1-16-13-9-10(6-7-17-13)12-3-2-8-20(12)15(22)11-4-5-14(21)19-18-11;2-1-3/h4-7,9,12H,2-3,8H2,1H3,(H,16,17)(H,19,21);1H,(H,2,3). The molecule has 1 fully saturated rings. The Hall–Kier alpha value is -3.23. The number of nitrogens with one attached hydrogen (secondary N) is 2. The Labute approximate surface area is 143 Å². The smallest absolute Gasteiger partial charge is 0.290 e. The van der Waals surface area contributed by atoms with Crippen LogP contribution in [-0.4, -0.2) is 51.2 Å². The van der Waals surface area contributed by atoms with Crippen LogP contribution in [0.5, 0.6) is 0 Å². The van der Waals surface area contributed by atoms with Crippen LogP contribution in [0.3, 0.4) is 0 Å². The lowest BCUT2D eigenvalue weighted by Crippen LogP contribution is -2.32. The monoisotopic (exact) mass is 345 g/mol. The van der Waals surface area contributed by atoms with Gasteiger partial charge in [-0.05, 0) is 36.6 Å². The summed E-state index contributed by atoms with van der Waals surface area (Å²) in [5.74, 6) is 0.612. The van der Waals surface area contributed by atoms with Gasteiger partial charge in [0.25, 0.3) is 17.9 Å². The molecule has 1 unspecified atom stereocenters. The van der Waals surface area contributed by atoms with E-state index in [1.807, 2.05) is 19.2 Å². The number of carboxylic acid groups (broad SMARTS) is 1. The number of carbonyl (C=O) groups excluding carboxylic acids is 1. The molecule has 1 saturated heterocycles. The van der Waals surface area contributed by atoms with Crippen LogP contribution in [0.15, 0.2) is 35.3 Å². The molecule has 9 heteroatoms. The van der Waals surface area contributed by atoms with E-state index < -0.39 is 0 Å². The van der Waals surface area contributed by atoms with Crippen molar-refractivity contribution in [1.82, 2.24) is 20.1 Å². The minimum Gasteiger partial charge on any atom is -0.483 e. The van der Waals surface area contributed by atoms with E-state index in [2.05, 4.69) is 20.5 Å². The molecule has 0 aliphatic carbocycles. The second-order valence-electron chi connectivity index (χ2n) is 5.29. The summed E-state index contributed by atoms with van der Waals surface area (Å²) in [6, 6.07) is 6.67. The molecule has 3 rings (SSSR count). The van der Waals surface area contributed by atoms with Crippen molar-refractivity contribution in [2.24, 2.45) is 0 Å². The molecule has 0 spiro atoms. The quantitative estimate of drug-likeness (QED) is 0.704. The summed E-state index contributed by atoms with van der Waals surface area (Å²) >= 11 is 0. The van der Waals surface area contributed by atoms with Crippen molar-refractivity contribution in [3.8, 4) is 0 Å². The first-order valence-electron chi connectivity index (χ1n) is 7.69. The van der Waals surface area contributed by atoms with E-state index in [4.69, 9.17) is 9.90 Å². The van der Waals surface area contributed by atoms with E-state index >= 15 is 0 Å². The molecule has 0 aromatic carbocycles. The Kier molecular flexibility index (Phi) is 6.21. The number of amides is 1. The third-order valence-electron chi connectivity index (χ3n) is 3.84. The number of rotatable bonds is 3. The zero-order chi connectivity index (χ0) is 18.2. The highest BCUT2D eigenvalue weighted by Crippen LogP contribution is 2.33. The maximum absolute atomic E-state index is 12.6. The number of carbonyl (C=O) groups is 2. The van der Waals surface area contributed by atoms with Gasteiger partial charge < -0.3 is 15.3 Å². The first-order valence-corrected chi connectivity index (χ1v) is 7.69. The van der Waals surface area contributed by atoms with Crippen LogP contribution in [0.25, 0.3) is 0 Å². The Bertz CT molecular complexity index is 772. The van der Waals surface area contributed by atoms with E-state index in [0.29, 0.717) is 6.54 Å². The van der Waals surface area contributed by atoms with Crippen LogP contribution in [-0.2, 0) is 4.79 Å². The summed E-state index contributed by atoms with van der Waals surface area (Å²) in [5, 5.41) is 16.0. The average molecular weight is 345 g/mol. The normalized spacial score (nSPS) is 15.9. The van der Waals surface area contributed by atoms with Gasteiger partial charge in [-0.1, -0.05) is 0 Å². The van der Waals surface area contributed by atoms with Crippen molar-refractivity contribution in [2.75, 3.05) is 18.9 Å². The van der Waals surface area contributed by atoms with Crippen LogP contribution in [0.4, 0.5) is 5.82 Å². The number of hydrogen-bond acceptors (Lipinski definition) is 6. The Balaban J connectivity index is 0.000000701. The van der Waals surface area contributed by atoms with Crippen molar-refractivity contribution in [1.29, 1.82) is 0 Å². The second-order valence-corrected chi connectivity index (χ2v) is 5.29. The van der Waals surface area contributed by atoms with Gasteiger partial charge in [0.1, 0.15) is 11.5 Å². The summed E-state index contributed by atoms with van der Waals surface area (Å²) in [7, 11) is 1.81. The number of hydrogen-bond donors (Lipinski definition) is 3. The molecule has 2 aromatic heterocycles. The van der Waals surface area contributed by atoms with Gasteiger partial charge in [-0.15, -0.1) is 0 Å². The fourth-order valence-corrected chi connectivity index (χ4v) is 2.76. The molecule has 0 bridgehead atoms. The number of pyridine rings is 1. The van der Waals surface area contributed by atoms with Crippen molar-refractivity contribution in [2.45, 2.75) is 18.9 Å². The molecule has 1 amide bonds. The zero-order valence-electron chi connectivity index (χ0n) is 13.7. The minimum atomic E-state index is -0.317. The van der Waals surface area contributed by atoms with Gasteiger partial charge in [0.05, 0.1) is 6.04 Å². The lowest BCUT2D eigenvalue weighted by Gasteiger charge is -2.24. The molecule has 132 valence electrons. The lowest BCUT2D eigenvalue weighted by molar-refractivity contribution is -0.122. The molecule has 3 heterocycles. The third kappa shape index (κ3) is 4.40. The Morgan fingerprint density at radius 3 is 2.84 bits per heavy atom. The molecule has 9 nitrogen and oxygen atoms in total. The minimum absolute atomic E-state index is 0.0105. The summed E-state index contributed by atoms with van der Waals surface area (Å²) in [5.41, 5.74) is 0.992. The molecular weight excluding hydrogens is 326 g/mol. The first kappa shape index (κ1) is 18.1. The predicted molar refractivity (Wildman–Crippen MR) is 90.3 cm³/mol. The van der Waals surface area contributed by atoms with E-state index in [0.717, 1.165) is 24.2 Å². The topological polar surface area (TPSA) is 128 Å². The lowest BCUT2D eigenvalue weighted by atomic mass is 10.1. The summed E-state index contributed by atoms with van der Waals surface area (Å²) in [6.07, 6.45) is 3.58. The molecule has 0 saturated carbocycles. The maximum Gasteiger partial charge on any atom is 0.290 e. The highest BCUT2D eigenvalue weighted by molar-refractivity contribution is 5.92. The van der Waals surface area contributed by atoms with Crippen LogP contribution in [0.1, 0.15) is 34.9 Å². The van der Waals surface area contributed by atoms with Crippen molar-refractivity contribution < 1.29 is 14.7 Å². The molecular formula is C16H19N5O4. The molecule has 3 N–H and O–H groups in total. The van der Waals surface area contributed by atoms with E-state index in [1.54, 1.807) is 11.1 Å². The fourth-order valence-electron chi connectivity index (χ4n) is 2.76. The summed E-state index contributed by atoms with van der Waals surface area (Å²) in [4.78, 5) is 38.0. The zero-order valence-corrected chi connectivity index (χ0v) is 13.7. The Morgan fingerprint density at radius 1 is 1.44 bits per heavy atom. The van der Waals surface area contributed by atoms with Crippen LogP contribution >= 0.6 is 0 Å². The van der Waals surface area contributed by atoms with Gasteiger partial charge in [-0.25, -0.2) is 10.1 Å². The van der Waals surface area contributed by atoms with Crippen LogP contribution in [0, 0.1) is 0 Å². The van der Waals surface area contributed by atoms with E-state index in [-0.39, 0.29) is 29.7 Å². The van der Waals surface area contributed by atoms with Crippen LogP contribution in [0.2, 0.25) is 0 Å². The number of likely N-dealkylation sites (tertiary alicyclic amines) is 1. The SMILES string of the molecule is CNc1cc(C2CCCN2C(=O)c2ccc(=O)[nH]n2)ccn1.O=CO. The third-order valence-corrected chi connectivity index (χ3v) is 3.84. The number of nitrogens with zero attached hydrogens (tertiary/aromatic N) is 3. The number of H-pyrrole nitrogens is 1. The van der Waals surface area contributed by atoms with Gasteiger partial charge in [-0.2, -0.15) is 5.10 Å². The molecule has 1 aliphatic heterocycles. The van der Waals surface area contributed by atoms with Gasteiger partial charge in [0.15, 0.2) is 0 Å². The van der Waals surface area contributed by atoms with Crippen LogP contribution < -0.4 is 10.9 Å². The van der Waals surface area contributed by atoms with Gasteiger partial charge in [0.2, 0.25) is 0 Å². The highest BCUT2D eigenvalue weighted by Gasteiger charge is 2.31. The van der Waals surface area contributed by atoms with Crippen molar-refractivity contribution >= 4 is 18.2 Å². The molecule has 1 atom stereocenters. The molecule has 1 aliphatic rings. The summed E-state index contributed by atoms with van der Waals surface area (Å²) < 4.78 is 0. The number of aromatic amines is 1. The first-order chi connectivity index (χ1) is 12.1. The van der Waals surface area contributed by atoms with Gasteiger partial charge >= 0.3 is 0 Å². The van der Waals surface area contributed by atoms with Crippen molar-refractivity contribution in [3.63, 3.8) is 0 Å². The maximum atomic E-state index is 12.6. The highest BCUT2D eigenvalue weighted by atomic mass is 16.3. The fraction of sp³-hybridized carbons (Fsp3) is 0.312. The Morgan fingerprint density at radius 2 is 2.20 bits per heavy atom. The number of anilines is 1. The number of aromatic nitrogens is 3. The van der Waals surface area contributed by atoms with Gasteiger partial charge in [-0.3, -0.25) is 14.4 Å². The largest absolute Gasteiger partial charge is 0.483 e. The average Bonchev–Trinajstić information content (AvgIpc) is 3.12. The second kappa shape index (κ2) is 8.57.